The van der Waals surface area contributed by atoms with Crippen molar-refractivity contribution in [2.45, 2.75) is 11.4 Å². The number of piperazine rings is 1. The highest BCUT2D eigenvalue weighted by Crippen LogP contribution is 2.27. The van der Waals surface area contributed by atoms with Crippen molar-refractivity contribution < 1.29 is 17.2 Å². The molecular formula is C22H18ClF2N5O3S2. The van der Waals surface area contributed by atoms with Crippen molar-refractivity contribution in [3.05, 3.63) is 81.2 Å². The van der Waals surface area contributed by atoms with Crippen LogP contribution in [-0.4, -0.2) is 58.4 Å². The number of benzene rings is 2. The van der Waals surface area contributed by atoms with Gasteiger partial charge in [0, 0.05) is 44.4 Å². The SMILES string of the molecule is O=c1cc(CN2CCN(S(=O)(=O)c3ccc(F)c(Cl)c3)CC2)nc2sc(-c3ccccc3F)nn12. The maximum absolute atomic E-state index is 14.1. The predicted octanol–water partition coefficient (Wildman–Crippen LogP) is 3.26. The molecule has 182 valence electrons. The maximum Gasteiger partial charge on any atom is 0.275 e. The second-order valence-corrected chi connectivity index (χ2v) is 11.2. The molecule has 8 nitrogen and oxygen atoms in total. The molecule has 13 heteroatoms. The fourth-order valence-electron chi connectivity index (χ4n) is 3.82. The molecule has 1 saturated heterocycles. The van der Waals surface area contributed by atoms with E-state index in [-0.39, 0.29) is 28.6 Å². The number of sulfonamides is 1. The Balaban J connectivity index is 1.30. The average molecular weight is 538 g/mol. The molecule has 1 fully saturated rings. The molecule has 2 aromatic carbocycles. The Labute approximate surface area is 208 Å². The van der Waals surface area contributed by atoms with E-state index in [1.165, 1.54) is 22.5 Å². The number of nitrogens with zero attached hydrogens (tertiary/aromatic N) is 5. The highest BCUT2D eigenvalue weighted by atomic mass is 35.5. The van der Waals surface area contributed by atoms with Gasteiger partial charge < -0.3 is 0 Å². The number of aromatic nitrogens is 3. The molecule has 0 bridgehead atoms. The Hall–Kier alpha value is -2.77. The van der Waals surface area contributed by atoms with Crippen LogP contribution >= 0.6 is 22.9 Å². The van der Waals surface area contributed by atoms with Crippen LogP contribution in [0.2, 0.25) is 5.02 Å². The van der Waals surface area contributed by atoms with Crippen molar-refractivity contribution in [1.82, 2.24) is 23.8 Å². The van der Waals surface area contributed by atoms with E-state index in [2.05, 4.69) is 10.1 Å². The van der Waals surface area contributed by atoms with E-state index in [1.807, 2.05) is 4.90 Å². The molecular weight excluding hydrogens is 520 g/mol. The van der Waals surface area contributed by atoms with Gasteiger partial charge in [0.2, 0.25) is 15.0 Å². The molecule has 0 saturated carbocycles. The lowest BCUT2D eigenvalue weighted by Crippen LogP contribution is -2.48. The summed E-state index contributed by atoms with van der Waals surface area (Å²) in [6.07, 6.45) is 0. The second kappa shape index (κ2) is 9.36. The van der Waals surface area contributed by atoms with Gasteiger partial charge in [0.1, 0.15) is 11.6 Å². The van der Waals surface area contributed by atoms with Gasteiger partial charge in [-0.1, -0.05) is 35.1 Å². The van der Waals surface area contributed by atoms with E-state index in [0.29, 0.717) is 40.9 Å². The van der Waals surface area contributed by atoms with Crippen molar-refractivity contribution in [3.63, 3.8) is 0 Å². The zero-order valence-corrected chi connectivity index (χ0v) is 20.5. The van der Waals surface area contributed by atoms with E-state index in [1.54, 1.807) is 18.2 Å². The van der Waals surface area contributed by atoms with Gasteiger partial charge in [-0.05, 0) is 30.3 Å². The van der Waals surface area contributed by atoms with E-state index in [0.717, 1.165) is 28.0 Å². The molecule has 0 aliphatic carbocycles. The summed E-state index contributed by atoms with van der Waals surface area (Å²) in [5.74, 6) is -1.12. The summed E-state index contributed by atoms with van der Waals surface area (Å²) in [6.45, 7) is 1.61. The largest absolute Gasteiger partial charge is 0.295 e. The quantitative estimate of drug-likeness (QED) is 0.388. The lowest BCUT2D eigenvalue weighted by Gasteiger charge is -2.33. The lowest BCUT2D eigenvalue weighted by atomic mass is 10.2. The van der Waals surface area contributed by atoms with Crippen molar-refractivity contribution in [3.8, 4) is 10.6 Å². The summed E-state index contributed by atoms with van der Waals surface area (Å²) in [4.78, 5) is 19.4. The van der Waals surface area contributed by atoms with E-state index in [4.69, 9.17) is 11.6 Å². The van der Waals surface area contributed by atoms with Crippen LogP contribution in [-0.2, 0) is 16.6 Å². The summed E-state index contributed by atoms with van der Waals surface area (Å²) in [6, 6.07) is 10.9. The van der Waals surface area contributed by atoms with Gasteiger partial charge in [0.05, 0.1) is 15.6 Å². The lowest BCUT2D eigenvalue weighted by molar-refractivity contribution is 0.180. The number of hydrogen-bond donors (Lipinski definition) is 0. The normalized spacial score (nSPS) is 15.6. The maximum atomic E-state index is 14.1. The first-order valence-corrected chi connectivity index (χ1v) is 13.2. The van der Waals surface area contributed by atoms with Gasteiger partial charge in [0.25, 0.3) is 5.56 Å². The van der Waals surface area contributed by atoms with E-state index in [9.17, 15) is 22.0 Å². The zero-order valence-electron chi connectivity index (χ0n) is 18.1. The molecule has 0 atom stereocenters. The fourth-order valence-corrected chi connectivity index (χ4v) is 6.47. The number of halogens is 3. The van der Waals surface area contributed by atoms with Crippen molar-refractivity contribution >= 4 is 37.9 Å². The third-order valence-electron chi connectivity index (χ3n) is 5.65. The van der Waals surface area contributed by atoms with Crippen LogP contribution in [0.5, 0.6) is 0 Å². The minimum atomic E-state index is -3.81. The van der Waals surface area contributed by atoms with Crippen LogP contribution in [0, 0.1) is 11.6 Å². The van der Waals surface area contributed by atoms with E-state index >= 15 is 0 Å². The number of fused-ring (bicyclic) bond motifs is 1. The summed E-state index contributed by atoms with van der Waals surface area (Å²) >= 11 is 6.86. The minimum Gasteiger partial charge on any atom is -0.295 e. The Morgan fingerprint density at radius 1 is 1.00 bits per heavy atom. The Kier molecular flexibility index (Phi) is 6.40. The molecule has 3 heterocycles. The van der Waals surface area contributed by atoms with Gasteiger partial charge in [-0.25, -0.2) is 22.2 Å². The summed E-state index contributed by atoms with van der Waals surface area (Å²) in [7, 11) is -3.81. The summed E-state index contributed by atoms with van der Waals surface area (Å²) in [5.41, 5.74) is 0.433. The van der Waals surface area contributed by atoms with Crippen LogP contribution in [0.4, 0.5) is 8.78 Å². The topological polar surface area (TPSA) is 87.9 Å². The summed E-state index contributed by atoms with van der Waals surface area (Å²) < 4.78 is 55.8. The van der Waals surface area contributed by atoms with Crippen LogP contribution < -0.4 is 5.56 Å². The standard InChI is InChI=1S/C22H18ClF2N5O3S2/c23-17-12-15(5-6-19(17)25)35(32,33)29-9-7-28(8-10-29)13-14-11-20(31)30-22(26-14)34-21(27-30)16-3-1-2-4-18(16)24/h1-6,11-12H,7-10,13H2. The molecule has 0 amide bonds. The van der Waals surface area contributed by atoms with Gasteiger partial charge in [0.15, 0.2) is 5.01 Å². The molecule has 35 heavy (non-hydrogen) atoms. The van der Waals surface area contributed by atoms with Gasteiger partial charge in [-0.2, -0.15) is 13.9 Å². The van der Waals surface area contributed by atoms with Crippen LogP contribution in [0.15, 0.2) is 58.2 Å². The van der Waals surface area contributed by atoms with Crippen molar-refractivity contribution in [1.29, 1.82) is 0 Å². The molecule has 0 spiro atoms. The molecule has 0 unspecified atom stereocenters. The highest BCUT2D eigenvalue weighted by Gasteiger charge is 2.29. The van der Waals surface area contributed by atoms with Crippen molar-refractivity contribution in [2.24, 2.45) is 0 Å². The molecule has 1 aliphatic heterocycles. The first kappa shape index (κ1) is 23.9. The smallest absolute Gasteiger partial charge is 0.275 e. The highest BCUT2D eigenvalue weighted by molar-refractivity contribution is 7.89. The van der Waals surface area contributed by atoms with E-state index < -0.39 is 21.7 Å². The summed E-state index contributed by atoms with van der Waals surface area (Å²) in [5, 5.41) is 4.31. The van der Waals surface area contributed by atoms with Crippen LogP contribution in [0.25, 0.3) is 15.5 Å². The first-order chi connectivity index (χ1) is 16.7. The molecule has 5 rings (SSSR count). The number of rotatable bonds is 5. The third-order valence-corrected chi connectivity index (χ3v) is 8.77. The van der Waals surface area contributed by atoms with Gasteiger partial charge in [-0.15, -0.1) is 0 Å². The average Bonchev–Trinajstić information content (AvgIpc) is 3.26. The van der Waals surface area contributed by atoms with Gasteiger partial charge >= 0.3 is 0 Å². The first-order valence-electron chi connectivity index (χ1n) is 10.5. The number of hydrogen-bond acceptors (Lipinski definition) is 7. The molecule has 2 aromatic heterocycles. The van der Waals surface area contributed by atoms with Gasteiger partial charge in [-0.3, -0.25) is 9.69 Å². The fraction of sp³-hybridized carbons (Fsp3) is 0.227. The van der Waals surface area contributed by atoms with Crippen LogP contribution in [0.1, 0.15) is 5.69 Å². The van der Waals surface area contributed by atoms with Crippen molar-refractivity contribution in [2.75, 3.05) is 26.2 Å². The molecule has 0 N–H and O–H groups in total. The zero-order chi connectivity index (χ0) is 24.7. The molecule has 1 aliphatic rings. The molecule has 0 radical (unpaired) electrons. The monoisotopic (exact) mass is 537 g/mol. The second-order valence-electron chi connectivity index (χ2n) is 7.92. The minimum absolute atomic E-state index is 0.0617. The predicted molar refractivity (Wildman–Crippen MR) is 128 cm³/mol. The Morgan fingerprint density at radius 3 is 2.46 bits per heavy atom. The third kappa shape index (κ3) is 4.71. The molecule has 4 aromatic rings. The van der Waals surface area contributed by atoms with Crippen LogP contribution in [0.3, 0.4) is 0 Å². The Morgan fingerprint density at radius 2 is 1.74 bits per heavy atom. The Bertz CT molecular complexity index is 1580.